The molecular weight excluding hydrogens is 401 g/mol. The fraction of sp³-hybridized carbons (Fsp3) is 0.0400. The van der Waals surface area contributed by atoms with Gasteiger partial charge in [-0.15, -0.1) is 0 Å². The van der Waals surface area contributed by atoms with Crippen molar-refractivity contribution in [2.75, 3.05) is 5.32 Å². The molecule has 0 unspecified atom stereocenters. The van der Waals surface area contributed by atoms with Crippen LogP contribution in [-0.4, -0.2) is 11.7 Å². The van der Waals surface area contributed by atoms with Crippen LogP contribution < -0.4 is 5.32 Å². The molecule has 1 N–H and O–H groups in total. The maximum absolute atomic E-state index is 13.0. The first-order chi connectivity index (χ1) is 14.5. The van der Waals surface area contributed by atoms with Gasteiger partial charge < -0.3 is 5.32 Å². The molecule has 30 heavy (non-hydrogen) atoms. The Morgan fingerprint density at radius 3 is 2.57 bits per heavy atom. The molecule has 0 saturated heterocycles. The Morgan fingerprint density at radius 2 is 1.80 bits per heavy atom. The van der Waals surface area contributed by atoms with Crippen molar-refractivity contribution in [2.24, 2.45) is 0 Å². The average Bonchev–Trinajstić information content (AvgIpc) is 2.73. The molecular formula is C25H15ClFNO2. The fourth-order valence-electron chi connectivity index (χ4n) is 3.10. The number of halogens is 2. The third kappa shape index (κ3) is 4.32. The minimum Gasteiger partial charge on any atom is -0.321 e. The molecule has 146 valence electrons. The lowest BCUT2D eigenvalue weighted by Crippen LogP contribution is -2.27. The van der Waals surface area contributed by atoms with E-state index in [4.69, 9.17) is 11.6 Å². The number of Topliss-reactive ketones (excluding diaryl/α,β-unsaturated/α-hetero) is 1. The van der Waals surface area contributed by atoms with E-state index >= 15 is 0 Å². The summed E-state index contributed by atoms with van der Waals surface area (Å²) >= 11 is 5.99. The monoisotopic (exact) mass is 415 g/mol. The number of amides is 1. The normalized spacial score (nSPS) is 14.0. The Hall–Kier alpha value is -3.68. The molecule has 3 nitrogen and oxygen atoms in total. The van der Waals surface area contributed by atoms with E-state index < -0.39 is 5.91 Å². The van der Waals surface area contributed by atoms with E-state index in [1.807, 2.05) is 0 Å². The molecule has 1 aliphatic rings. The summed E-state index contributed by atoms with van der Waals surface area (Å²) in [5.74, 6) is 4.93. The molecule has 3 aromatic carbocycles. The topological polar surface area (TPSA) is 46.2 Å². The van der Waals surface area contributed by atoms with Crippen LogP contribution in [-0.2, 0) is 11.2 Å². The maximum atomic E-state index is 13.0. The van der Waals surface area contributed by atoms with Gasteiger partial charge in [0.2, 0.25) is 5.78 Å². The number of fused-ring (bicyclic) bond motifs is 1. The van der Waals surface area contributed by atoms with Crippen LogP contribution in [0.15, 0.2) is 72.3 Å². The molecule has 5 heteroatoms. The number of carbonyl (C=O) groups is 2. The minimum absolute atomic E-state index is 0.0428. The van der Waals surface area contributed by atoms with Crippen molar-refractivity contribution in [3.8, 4) is 11.8 Å². The van der Waals surface area contributed by atoms with E-state index in [0.717, 1.165) is 5.56 Å². The number of ketones is 1. The molecule has 0 radical (unpaired) electrons. The van der Waals surface area contributed by atoms with Gasteiger partial charge in [-0.25, -0.2) is 4.39 Å². The van der Waals surface area contributed by atoms with Gasteiger partial charge >= 0.3 is 0 Å². The van der Waals surface area contributed by atoms with Crippen LogP contribution in [0.2, 0.25) is 5.02 Å². The van der Waals surface area contributed by atoms with Crippen molar-refractivity contribution in [3.05, 3.63) is 105 Å². The van der Waals surface area contributed by atoms with Gasteiger partial charge in [0.05, 0.1) is 11.3 Å². The summed E-state index contributed by atoms with van der Waals surface area (Å²) < 4.78 is 13.0. The van der Waals surface area contributed by atoms with Crippen molar-refractivity contribution in [2.45, 2.75) is 6.42 Å². The smallest absolute Gasteiger partial charge is 0.259 e. The van der Waals surface area contributed by atoms with E-state index in [0.29, 0.717) is 33.8 Å². The molecule has 1 amide bonds. The summed E-state index contributed by atoms with van der Waals surface area (Å²) in [7, 11) is 0. The van der Waals surface area contributed by atoms with Gasteiger partial charge in [0.25, 0.3) is 5.91 Å². The second kappa shape index (κ2) is 8.36. The van der Waals surface area contributed by atoms with Crippen LogP contribution in [0, 0.1) is 17.7 Å². The third-order valence-electron chi connectivity index (χ3n) is 4.60. The van der Waals surface area contributed by atoms with E-state index in [2.05, 4.69) is 17.2 Å². The highest BCUT2D eigenvalue weighted by molar-refractivity contribution is 6.36. The van der Waals surface area contributed by atoms with E-state index in [1.54, 1.807) is 54.6 Å². The summed E-state index contributed by atoms with van der Waals surface area (Å²) in [6.07, 6.45) is 1.99. The van der Waals surface area contributed by atoms with Gasteiger partial charge in [0, 0.05) is 22.6 Å². The number of rotatable bonds is 2. The number of hydrogen-bond donors (Lipinski definition) is 1. The van der Waals surface area contributed by atoms with Crippen molar-refractivity contribution < 1.29 is 14.0 Å². The molecule has 0 bridgehead atoms. The second-order valence-electron chi connectivity index (χ2n) is 6.76. The van der Waals surface area contributed by atoms with Gasteiger partial charge in [-0.1, -0.05) is 47.7 Å². The maximum Gasteiger partial charge on any atom is 0.259 e. The molecule has 0 aromatic heterocycles. The summed E-state index contributed by atoms with van der Waals surface area (Å²) in [5, 5.41) is 3.27. The lowest BCUT2D eigenvalue weighted by atomic mass is 9.94. The van der Waals surface area contributed by atoms with Gasteiger partial charge in [-0.05, 0) is 59.7 Å². The van der Waals surface area contributed by atoms with Crippen molar-refractivity contribution in [1.29, 1.82) is 0 Å². The lowest BCUT2D eigenvalue weighted by molar-refractivity contribution is -0.112. The quantitative estimate of drug-likeness (QED) is 0.351. The van der Waals surface area contributed by atoms with Gasteiger partial charge in [0.1, 0.15) is 5.82 Å². The predicted octanol–water partition coefficient (Wildman–Crippen LogP) is 5.29. The number of hydrogen-bond acceptors (Lipinski definition) is 2. The number of benzene rings is 3. The van der Waals surface area contributed by atoms with Crippen molar-refractivity contribution in [1.82, 2.24) is 0 Å². The molecule has 0 spiro atoms. The zero-order valence-electron chi connectivity index (χ0n) is 15.7. The molecule has 1 aliphatic heterocycles. The van der Waals surface area contributed by atoms with Gasteiger partial charge in [-0.3, -0.25) is 9.59 Å². The Balaban J connectivity index is 1.60. The Morgan fingerprint density at radius 1 is 1.00 bits per heavy atom. The van der Waals surface area contributed by atoms with Crippen molar-refractivity contribution >= 4 is 35.1 Å². The molecule has 4 rings (SSSR count). The van der Waals surface area contributed by atoms with Crippen LogP contribution in [0.5, 0.6) is 0 Å². The molecule has 0 aliphatic carbocycles. The molecule has 0 fully saturated rings. The summed E-state index contributed by atoms with van der Waals surface area (Å²) in [4.78, 5) is 25.4. The first kappa shape index (κ1) is 19.6. The molecule has 3 aromatic rings. The summed E-state index contributed by atoms with van der Waals surface area (Å²) in [5.41, 5.74) is 3.11. The predicted molar refractivity (Wildman–Crippen MR) is 116 cm³/mol. The van der Waals surface area contributed by atoms with Crippen molar-refractivity contribution in [3.63, 3.8) is 0 Å². The summed E-state index contributed by atoms with van der Waals surface area (Å²) in [6, 6.07) is 18.2. The van der Waals surface area contributed by atoms with Crippen LogP contribution in [0.25, 0.3) is 6.08 Å². The number of anilines is 1. The highest BCUT2D eigenvalue weighted by Gasteiger charge is 2.28. The Kier molecular flexibility index (Phi) is 5.47. The lowest BCUT2D eigenvalue weighted by Gasteiger charge is -2.18. The zero-order valence-corrected chi connectivity index (χ0v) is 16.5. The second-order valence-corrected chi connectivity index (χ2v) is 7.20. The standard InChI is InChI=1S/C25H15ClFNO2/c26-19-6-2-5-18(13-19)15-22-24(29)21-14-17(9-12-23(21)28-25(22)30)4-1-3-16-7-10-20(27)11-8-16/h2,5-15H,3H2,(H,28,30). The third-order valence-corrected chi connectivity index (χ3v) is 4.83. The highest BCUT2D eigenvalue weighted by atomic mass is 35.5. The number of carbonyl (C=O) groups excluding carboxylic acids is 2. The van der Waals surface area contributed by atoms with Gasteiger partial charge in [0.15, 0.2) is 0 Å². The SMILES string of the molecule is O=C1Nc2ccc(C#CCc3ccc(F)cc3)cc2C(=O)C1=Cc1cccc(Cl)c1. The van der Waals surface area contributed by atoms with E-state index in [1.165, 1.54) is 18.2 Å². The first-order valence-corrected chi connectivity index (χ1v) is 9.58. The van der Waals surface area contributed by atoms with Gasteiger partial charge in [-0.2, -0.15) is 0 Å². The fourth-order valence-corrected chi connectivity index (χ4v) is 3.30. The van der Waals surface area contributed by atoms with Crippen LogP contribution in [0.3, 0.4) is 0 Å². The summed E-state index contributed by atoms with van der Waals surface area (Å²) in [6.45, 7) is 0. The van der Waals surface area contributed by atoms with E-state index in [-0.39, 0.29) is 17.2 Å². The van der Waals surface area contributed by atoms with Crippen LogP contribution in [0.4, 0.5) is 10.1 Å². The largest absolute Gasteiger partial charge is 0.321 e. The Labute approximate surface area is 178 Å². The zero-order chi connectivity index (χ0) is 21.1. The van der Waals surface area contributed by atoms with Crippen LogP contribution in [0.1, 0.15) is 27.0 Å². The minimum atomic E-state index is -0.456. The number of nitrogens with one attached hydrogen (secondary N) is 1. The molecule has 0 atom stereocenters. The Bertz CT molecular complexity index is 1250. The van der Waals surface area contributed by atoms with E-state index in [9.17, 15) is 14.0 Å². The first-order valence-electron chi connectivity index (χ1n) is 9.20. The molecule has 1 heterocycles. The van der Waals surface area contributed by atoms with Crippen LogP contribution >= 0.6 is 11.6 Å². The molecule has 0 saturated carbocycles. The average molecular weight is 416 g/mol. The highest BCUT2D eigenvalue weighted by Crippen LogP contribution is 2.27.